The Morgan fingerprint density at radius 3 is 2.15 bits per heavy atom. The average molecular weight is 595 g/mol. The van der Waals surface area contributed by atoms with E-state index in [4.69, 9.17) is 24.3 Å². The summed E-state index contributed by atoms with van der Waals surface area (Å²) in [4.78, 5) is 37.4. The van der Waals surface area contributed by atoms with Crippen LogP contribution in [0.5, 0.6) is 0 Å². The normalized spacial score (nSPS) is 15.4. The molecule has 1 aliphatic carbocycles. The van der Waals surface area contributed by atoms with Crippen molar-refractivity contribution < 1.29 is 32.7 Å². The maximum Gasteiger partial charge on any atom is 0.340 e. The Balaban J connectivity index is 1.66. The van der Waals surface area contributed by atoms with E-state index in [-0.39, 0.29) is 12.1 Å². The maximum absolute atomic E-state index is 13.4. The number of anilines is 2. The summed E-state index contributed by atoms with van der Waals surface area (Å²) in [6.45, 7) is 9.32. The van der Waals surface area contributed by atoms with Crippen molar-refractivity contribution in [1.29, 1.82) is 0 Å². The van der Waals surface area contributed by atoms with Gasteiger partial charge < -0.3 is 25.1 Å². The van der Waals surface area contributed by atoms with Crippen LogP contribution >= 0.6 is 7.60 Å². The molecule has 3 rings (SSSR count). The summed E-state index contributed by atoms with van der Waals surface area (Å²) in [5.74, 6) is -0.292. The molecular weight excluding hydrogens is 551 g/mol. The van der Waals surface area contributed by atoms with Gasteiger partial charge in [0, 0.05) is 12.6 Å². The number of nitrogens with two attached hydrogens (primary N) is 1. The lowest BCUT2D eigenvalue weighted by Crippen LogP contribution is -2.25. The van der Waals surface area contributed by atoms with Gasteiger partial charge in [0.2, 0.25) is 19.5 Å². The summed E-state index contributed by atoms with van der Waals surface area (Å²) in [6.07, 6.45) is 10.6. The second kappa shape index (κ2) is 13.8. The van der Waals surface area contributed by atoms with Crippen LogP contribution in [0.15, 0.2) is 18.5 Å². The lowest BCUT2D eigenvalue weighted by Gasteiger charge is -2.23. The molecule has 0 aromatic carbocycles. The molecule has 0 atom stereocenters. The Labute approximate surface area is 241 Å². The predicted molar refractivity (Wildman–Crippen MR) is 155 cm³/mol. The average Bonchev–Trinajstić information content (AvgIpc) is 3.29. The first kappa shape index (κ1) is 32.5. The molecule has 0 amide bonds. The van der Waals surface area contributed by atoms with Gasteiger partial charge in [0.25, 0.3) is 0 Å². The Hall–Kier alpha value is -3.02. The summed E-state index contributed by atoms with van der Waals surface area (Å²) in [6, 6.07) is 0.325. The fraction of sp³-hybridized carbons (Fsp3) is 0.667. The molecule has 0 aliphatic heterocycles. The summed E-state index contributed by atoms with van der Waals surface area (Å²) >= 11 is 0. The van der Waals surface area contributed by atoms with Gasteiger partial charge >= 0.3 is 19.5 Å². The third-order valence-corrected chi connectivity index (χ3v) is 7.98. The van der Waals surface area contributed by atoms with E-state index in [1.54, 1.807) is 64.6 Å². The number of nitrogens with one attached hydrogen (secondary N) is 1. The van der Waals surface area contributed by atoms with Crippen molar-refractivity contribution in [3.05, 3.63) is 18.5 Å². The van der Waals surface area contributed by atoms with Gasteiger partial charge in [-0.3, -0.25) is 23.2 Å². The van der Waals surface area contributed by atoms with E-state index in [0.29, 0.717) is 29.6 Å². The van der Waals surface area contributed by atoms with E-state index >= 15 is 0 Å². The zero-order valence-electron chi connectivity index (χ0n) is 24.8. The molecule has 1 aliphatic rings. The largest absolute Gasteiger partial charge is 0.438 e. The smallest absolute Gasteiger partial charge is 0.340 e. The summed E-state index contributed by atoms with van der Waals surface area (Å²) in [5, 5.41) is 3.47. The Kier molecular flexibility index (Phi) is 10.9. The number of carbonyl (C=O) groups is 2. The Bertz CT molecular complexity index is 1240. The lowest BCUT2D eigenvalue weighted by atomic mass is 9.95. The number of esters is 2. The highest BCUT2D eigenvalue weighted by Gasteiger charge is 2.29. The molecule has 13 nitrogen and oxygen atoms in total. The minimum absolute atomic E-state index is 0.141. The SMILES string of the molecule is CC(C)(C)C(=O)OCOP(=O)(C/C=C/Cn1cnc2c(NC3CCCCC3)nc(N)nc21)OCOC(=O)C(C)(C)C. The van der Waals surface area contributed by atoms with Crippen molar-refractivity contribution in [3.63, 3.8) is 0 Å². The quantitative estimate of drug-likeness (QED) is 0.146. The fourth-order valence-electron chi connectivity index (χ4n) is 3.92. The molecule has 0 spiro atoms. The molecule has 41 heavy (non-hydrogen) atoms. The van der Waals surface area contributed by atoms with E-state index in [0.717, 1.165) is 12.8 Å². The third-order valence-electron chi connectivity index (χ3n) is 6.33. The molecular formula is C27H43N6O7P. The zero-order chi connectivity index (χ0) is 30.3. The van der Waals surface area contributed by atoms with Crippen molar-refractivity contribution in [2.45, 2.75) is 86.2 Å². The van der Waals surface area contributed by atoms with E-state index in [2.05, 4.69) is 20.3 Å². The third kappa shape index (κ3) is 9.79. The number of hydrogen-bond donors (Lipinski definition) is 2. The minimum Gasteiger partial charge on any atom is -0.438 e. The number of hydrogen-bond acceptors (Lipinski definition) is 12. The van der Waals surface area contributed by atoms with Crippen LogP contribution in [0, 0.1) is 10.8 Å². The van der Waals surface area contributed by atoms with Crippen LogP contribution in [0.25, 0.3) is 11.2 Å². The molecule has 0 bridgehead atoms. The monoisotopic (exact) mass is 594 g/mol. The number of allylic oxidation sites excluding steroid dienone is 2. The zero-order valence-corrected chi connectivity index (χ0v) is 25.7. The van der Waals surface area contributed by atoms with Crippen molar-refractivity contribution in [2.24, 2.45) is 10.8 Å². The van der Waals surface area contributed by atoms with Crippen LogP contribution in [0.1, 0.15) is 73.6 Å². The molecule has 0 radical (unpaired) electrons. The van der Waals surface area contributed by atoms with Crippen LogP contribution in [0.2, 0.25) is 0 Å². The number of ether oxygens (including phenoxy) is 2. The number of nitrogen functional groups attached to an aromatic ring is 1. The number of aromatic nitrogens is 4. The topological polar surface area (TPSA) is 170 Å². The fourth-order valence-corrected chi connectivity index (χ4v) is 5.04. The second-order valence-electron chi connectivity index (χ2n) is 12.1. The van der Waals surface area contributed by atoms with Gasteiger partial charge in [0.05, 0.1) is 23.3 Å². The van der Waals surface area contributed by atoms with Crippen molar-refractivity contribution in [3.8, 4) is 0 Å². The molecule has 2 aromatic heterocycles. The first-order chi connectivity index (χ1) is 19.2. The molecule has 1 fully saturated rings. The van der Waals surface area contributed by atoms with Crippen molar-refractivity contribution in [1.82, 2.24) is 19.5 Å². The van der Waals surface area contributed by atoms with Crippen LogP contribution in [0.3, 0.4) is 0 Å². The first-order valence-electron chi connectivity index (χ1n) is 13.8. The van der Waals surface area contributed by atoms with E-state index in [1.165, 1.54) is 19.3 Å². The van der Waals surface area contributed by atoms with Gasteiger partial charge in [-0.15, -0.1) is 0 Å². The molecule has 0 saturated heterocycles. The molecule has 2 heterocycles. The van der Waals surface area contributed by atoms with E-state index < -0.39 is 44.0 Å². The molecule has 3 N–H and O–H groups in total. The van der Waals surface area contributed by atoms with Gasteiger partial charge in [-0.05, 0) is 54.4 Å². The maximum atomic E-state index is 13.4. The highest BCUT2D eigenvalue weighted by atomic mass is 31.2. The van der Waals surface area contributed by atoms with Crippen LogP contribution in [-0.2, 0) is 39.2 Å². The molecule has 14 heteroatoms. The van der Waals surface area contributed by atoms with Crippen LogP contribution < -0.4 is 11.1 Å². The van der Waals surface area contributed by atoms with Gasteiger partial charge in [-0.1, -0.05) is 31.4 Å². The standard InChI is InChI=1S/C27H43N6O7P/c1-26(2,3)23(34)37-17-39-41(36,40-18-38-24(35)27(4,5)6)15-11-10-14-33-16-29-20-21(31-25(28)32-22(20)33)30-19-12-8-7-9-13-19/h10-11,16,19H,7-9,12-15,17-18H2,1-6H3,(H3,28,30,31,32)/b11-10+. The van der Waals surface area contributed by atoms with Gasteiger partial charge in [0.1, 0.15) is 0 Å². The highest BCUT2D eigenvalue weighted by Crippen LogP contribution is 2.48. The highest BCUT2D eigenvalue weighted by molar-refractivity contribution is 7.54. The minimum atomic E-state index is -3.85. The van der Waals surface area contributed by atoms with Gasteiger partial charge in [-0.2, -0.15) is 9.97 Å². The predicted octanol–water partition coefficient (Wildman–Crippen LogP) is 5.03. The molecule has 228 valence electrons. The van der Waals surface area contributed by atoms with Crippen LogP contribution in [0.4, 0.5) is 11.8 Å². The van der Waals surface area contributed by atoms with Crippen molar-refractivity contribution in [2.75, 3.05) is 30.8 Å². The van der Waals surface area contributed by atoms with E-state index in [1.807, 2.05) is 0 Å². The number of carbonyl (C=O) groups excluding carboxylic acids is 2. The Morgan fingerprint density at radius 1 is 1.00 bits per heavy atom. The van der Waals surface area contributed by atoms with Crippen LogP contribution in [-0.4, -0.2) is 57.2 Å². The number of imidazole rings is 1. The molecule has 0 unspecified atom stereocenters. The Morgan fingerprint density at radius 2 is 1.59 bits per heavy atom. The summed E-state index contributed by atoms with van der Waals surface area (Å²) < 4.78 is 36.1. The van der Waals surface area contributed by atoms with Gasteiger partial charge in [-0.25, -0.2) is 4.98 Å². The summed E-state index contributed by atoms with van der Waals surface area (Å²) in [5.41, 5.74) is 5.66. The van der Waals surface area contributed by atoms with Crippen molar-refractivity contribution >= 4 is 42.5 Å². The molecule has 1 saturated carbocycles. The first-order valence-corrected chi connectivity index (χ1v) is 15.5. The number of nitrogens with zero attached hydrogens (tertiary/aromatic N) is 4. The molecule has 2 aromatic rings. The lowest BCUT2D eigenvalue weighted by molar-refractivity contribution is -0.161. The number of rotatable bonds is 12. The second-order valence-corrected chi connectivity index (χ2v) is 14.2. The van der Waals surface area contributed by atoms with E-state index in [9.17, 15) is 14.2 Å². The van der Waals surface area contributed by atoms with Gasteiger partial charge in [0.15, 0.2) is 17.0 Å². The number of fused-ring (bicyclic) bond motifs is 1. The summed E-state index contributed by atoms with van der Waals surface area (Å²) in [7, 11) is -3.85.